The molecule has 0 aliphatic carbocycles. The number of Topliss-reactive ketones (excluding diaryl/α,β-unsaturated/α-hetero) is 1. The summed E-state index contributed by atoms with van der Waals surface area (Å²) < 4.78 is 5.47. The van der Waals surface area contributed by atoms with Crippen LogP contribution in [0, 0.1) is 0 Å². The molecule has 1 fully saturated rings. The van der Waals surface area contributed by atoms with Gasteiger partial charge < -0.3 is 21.1 Å². The number of nitrogen functional groups attached to an aromatic ring is 1. The van der Waals surface area contributed by atoms with Gasteiger partial charge in [0.15, 0.2) is 11.6 Å². The molecule has 0 amide bonds. The standard InChI is InChI=1S/C26H31N7O2/c1-32-7-5-17-12-18(2-3-20(17)23(32)14-27)21-16-30-26(28)25(31-21)24(34)13-19-15-29-6-4-22(19)33-8-10-35-11-9-33/h2-4,6,12,15-16,23H,5,7-11,13-14,27H2,1H3,(H2,28,30). The lowest BCUT2D eigenvalue weighted by molar-refractivity contribution is 0.0988. The molecule has 2 aromatic heterocycles. The number of anilines is 2. The van der Waals surface area contributed by atoms with Gasteiger partial charge in [-0.1, -0.05) is 12.1 Å². The van der Waals surface area contributed by atoms with Gasteiger partial charge in [-0.05, 0) is 36.7 Å². The number of ketones is 1. The minimum Gasteiger partial charge on any atom is -0.382 e. The van der Waals surface area contributed by atoms with E-state index in [-0.39, 0.29) is 29.8 Å². The summed E-state index contributed by atoms with van der Waals surface area (Å²) in [6, 6.07) is 8.42. The molecular weight excluding hydrogens is 442 g/mol. The number of ether oxygens (including phenoxy) is 1. The van der Waals surface area contributed by atoms with Gasteiger partial charge in [-0.3, -0.25) is 14.7 Å². The number of hydrogen-bond donors (Lipinski definition) is 2. The van der Waals surface area contributed by atoms with Crippen LogP contribution in [0.2, 0.25) is 0 Å². The third kappa shape index (κ3) is 4.75. The first-order valence-electron chi connectivity index (χ1n) is 12.0. The molecule has 0 spiro atoms. The molecule has 5 rings (SSSR count). The number of rotatable bonds is 6. The average molecular weight is 474 g/mol. The molecular formula is C26H31N7O2. The Morgan fingerprint density at radius 1 is 1.17 bits per heavy atom. The molecule has 1 aromatic carbocycles. The van der Waals surface area contributed by atoms with E-state index in [1.807, 2.05) is 12.1 Å². The highest BCUT2D eigenvalue weighted by Crippen LogP contribution is 2.31. The van der Waals surface area contributed by atoms with Gasteiger partial charge in [0.1, 0.15) is 5.69 Å². The van der Waals surface area contributed by atoms with Crippen LogP contribution in [0.5, 0.6) is 0 Å². The number of nitrogens with zero attached hydrogens (tertiary/aromatic N) is 5. The molecule has 1 unspecified atom stereocenters. The first-order valence-corrected chi connectivity index (χ1v) is 12.0. The summed E-state index contributed by atoms with van der Waals surface area (Å²) in [5.74, 6) is -0.0412. The van der Waals surface area contributed by atoms with Crippen molar-refractivity contribution in [2.45, 2.75) is 18.9 Å². The predicted octanol–water partition coefficient (Wildman–Crippen LogP) is 1.87. The number of pyridine rings is 1. The first kappa shape index (κ1) is 23.3. The molecule has 2 aliphatic rings. The van der Waals surface area contributed by atoms with Crippen LogP contribution in [0.3, 0.4) is 0 Å². The van der Waals surface area contributed by atoms with E-state index in [0.717, 1.165) is 42.9 Å². The molecule has 9 nitrogen and oxygen atoms in total. The monoisotopic (exact) mass is 473 g/mol. The van der Waals surface area contributed by atoms with Crippen LogP contribution >= 0.6 is 0 Å². The summed E-state index contributed by atoms with van der Waals surface area (Å²) in [6.07, 6.45) is 6.21. The Hall–Kier alpha value is -3.40. The van der Waals surface area contributed by atoms with E-state index in [9.17, 15) is 4.79 Å². The number of carbonyl (C=O) groups excluding carboxylic acids is 1. The summed E-state index contributed by atoms with van der Waals surface area (Å²) in [5, 5.41) is 0. The lowest BCUT2D eigenvalue weighted by atomic mass is 9.91. The van der Waals surface area contributed by atoms with Crippen molar-refractivity contribution in [3.63, 3.8) is 0 Å². The smallest absolute Gasteiger partial charge is 0.189 e. The van der Waals surface area contributed by atoms with Crippen molar-refractivity contribution in [1.82, 2.24) is 19.9 Å². The maximum absolute atomic E-state index is 13.3. The van der Waals surface area contributed by atoms with Gasteiger partial charge in [0.2, 0.25) is 0 Å². The summed E-state index contributed by atoms with van der Waals surface area (Å²) >= 11 is 0. The normalized spacial score (nSPS) is 18.3. The maximum atomic E-state index is 13.3. The zero-order chi connectivity index (χ0) is 24.4. The molecule has 4 N–H and O–H groups in total. The Kier molecular flexibility index (Phi) is 6.72. The summed E-state index contributed by atoms with van der Waals surface area (Å²) in [4.78, 5) is 31.0. The van der Waals surface area contributed by atoms with E-state index in [4.69, 9.17) is 16.2 Å². The number of benzene rings is 1. The molecule has 2 aliphatic heterocycles. The van der Waals surface area contributed by atoms with Crippen molar-refractivity contribution >= 4 is 17.3 Å². The second kappa shape index (κ2) is 10.1. The third-order valence-electron chi connectivity index (χ3n) is 6.93. The maximum Gasteiger partial charge on any atom is 0.189 e. The highest BCUT2D eigenvalue weighted by Gasteiger charge is 2.24. The highest BCUT2D eigenvalue weighted by atomic mass is 16.5. The predicted molar refractivity (Wildman–Crippen MR) is 135 cm³/mol. The Labute approximate surface area is 205 Å². The lowest BCUT2D eigenvalue weighted by Gasteiger charge is -2.34. The fraction of sp³-hybridized carbons (Fsp3) is 0.385. The van der Waals surface area contributed by atoms with Crippen molar-refractivity contribution < 1.29 is 9.53 Å². The Morgan fingerprint density at radius 2 is 2.00 bits per heavy atom. The second-order valence-electron chi connectivity index (χ2n) is 9.09. The van der Waals surface area contributed by atoms with Gasteiger partial charge in [-0.2, -0.15) is 0 Å². The SMILES string of the molecule is CN1CCc2cc(-c3cnc(N)c(C(=O)Cc4cnccc4N4CCOCC4)n3)ccc2C1CN. The van der Waals surface area contributed by atoms with Crippen LogP contribution in [0.4, 0.5) is 11.5 Å². The van der Waals surface area contributed by atoms with Crippen LogP contribution in [0.25, 0.3) is 11.3 Å². The minimum absolute atomic E-state index is 0.137. The molecule has 4 heterocycles. The van der Waals surface area contributed by atoms with Crippen molar-refractivity contribution in [3.05, 3.63) is 65.2 Å². The zero-order valence-corrected chi connectivity index (χ0v) is 20.0. The van der Waals surface area contributed by atoms with E-state index >= 15 is 0 Å². The van der Waals surface area contributed by atoms with Gasteiger partial charge in [-0.25, -0.2) is 9.97 Å². The number of carbonyl (C=O) groups is 1. The van der Waals surface area contributed by atoms with E-state index in [2.05, 4.69) is 43.9 Å². The molecule has 0 saturated carbocycles. The van der Waals surface area contributed by atoms with Crippen LogP contribution in [-0.2, 0) is 17.6 Å². The van der Waals surface area contributed by atoms with Crippen molar-refractivity contribution in [1.29, 1.82) is 0 Å². The molecule has 182 valence electrons. The largest absolute Gasteiger partial charge is 0.382 e. The van der Waals surface area contributed by atoms with Gasteiger partial charge in [0.05, 0.1) is 25.1 Å². The quantitative estimate of drug-likeness (QED) is 0.516. The van der Waals surface area contributed by atoms with Gasteiger partial charge in [0, 0.05) is 67.8 Å². The molecule has 3 aromatic rings. The molecule has 0 radical (unpaired) electrons. The molecule has 35 heavy (non-hydrogen) atoms. The number of nitrogens with two attached hydrogens (primary N) is 2. The number of fused-ring (bicyclic) bond motifs is 1. The average Bonchev–Trinajstić information content (AvgIpc) is 2.89. The molecule has 1 saturated heterocycles. The molecule has 9 heteroatoms. The Bertz CT molecular complexity index is 1230. The van der Waals surface area contributed by atoms with Crippen LogP contribution in [-0.4, -0.2) is 72.1 Å². The van der Waals surface area contributed by atoms with Gasteiger partial charge in [0.25, 0.3) is 0 Å². The fourth-order valence-corrected chi connectivity index (χ4v) is 4.97. The number of likely N-dealkylation sites (N-methyl/N-ethyl adjacent to an activating group) is 1. The summed E-state index contributed by atoms with van der Waals surface area (Å²) in [5.41, 5.74) is 18.2. The number of morpholine rings is 1. The molecule has 1 atom stereocenters. The van der Waals surface area contributed by atoms with E-state index in [1.165, 1.54) is 11.1 Å². The number of hydrogen-bond acceptors (Lipinski definition) is 9. The van der Waals surface area contributed by atoms with Crippen LogP contribution in [0.1, 0.15) is 33.2 Å². The first-order chi connectivity index (χ1) is 17.0. The molecule has 0 bridgehead atoms. The summed E-state index contributed by atoms with van der Waals surface area (Å²) in [7, 11) is 2.10. The van der Waals surface area contributed by atoms with Crippen molar-refractivity contribution in [3.8, 4) is 11.3 Å². The van der Waals surface area contributed by atoms with E-state index in [0.29, 0.717) is 25.5 Å². The van der Waals surface area contributed by atoms with Gasteiger partial charge in [-0.15, -0.1) is 0 Å². The Balaban J connectivity index is 1.41. The fourth-order valence-electron chi connectivity index (χ4n) is 4.97. The lowest BCUT2D eigenvalue weighted by Crippen LogP contribution is -2.37. The topological polar surface area (TPSA) is 123 Å². The Morgan fingerprint density at radius 3 is 2.80 bits per heavy atom. The zero-order valence-electron chi connectivity index (χ0n) is 20.0. The van der Waals surface area contributed by atoms with E-state index < -0.39 is 0 Å². The van der Waals surface area contributed by atoms with E-state index in [1.54, 1.807) is 18.6 Å². The van der Waals surface area contributed by atoms with Crippen LogP contribution < -0.4 is 16.4 Å². The van der Waals surface area contributed by atoms with Crippen LogP contribution in [0.15, 0.2) is 42.9 Å². The highest BCUT2D eigenvalue weighted by molar-refractivity contribution is 6.00. The third-order valence-corrected chi connectivity index (χ3v) is 6.93. The van der Waals surface area contributed by atoms with Gasteiger partial charge >= 0.3 is 0 Å². The number of aromatic nitrogens is 3. The summed E-state index contributed by atoms with van der Waals surface area (Å²) in [6.45, 7) is 4.41. The van der Waals surface area contributed by atoms with Crippen molar-refractivity contribution in [2.75, 3.05) is 57.1 Å². The second-order valence-corrected chi connectivity index (χ2v) is 9.09. The van der Waals surface area contributed by atoms with Crippen molar-refractivity contribution in [2.24, 2.45) is 5.73 Å². The minimum atomic E-state index is -0.179.